The summed E-state index contributed by atoms with van der Waals surface area (Å²) in [4.78, 5) is 7.12. The predicted molar refractivity (Wildman–Crippen MR) is 77.3 cm³/mol. The van der Waals surface area contributed by atoms with Crippen molar-refractivity contribution in [1.29, 1.82) is 0 Å². The number of likely N-dealkylation sites (tertiary alicyclic amines) is 1. The average Bonchev–Trinajstić information content (AvgIpc) is 3.02. The van der Waals surface area contributed by atoms with Gasteiger partial charge in [-0.05, 0) is 31.3 Å². The van der Waals surface area contributed by atoms with Gasteiger partial charge in [0, 0.05) is 18.0 Å². The quantitative estimate of drug-likeness (QED) is 0.913. The van der Waals surface area contributed by atoms with E-state index in [4.69, 9.17) is 4.52 Å². The van der Waals surface area contributed by atoms with E-state index in [1.54, 1.807) is 0 Å². The molecule has 1 aromatic heterocycles. The lowest BCUT2D eigenvalue weighted by atomic mass is 9.93. The molecule has 3 atom stereocenters. The molecule has 2 aliphatic heterocycles. The highest BCUT2D eigenvalue weighted by Crippen LogP contribution is 2.35. The van der Waals surface area contributed by atoms with E-state index in [0.717, 1.165) is 43.2 Å². The van der Waals surface area contributed by atoms with Crippen molar-refractivity contribution in [3.63, 3.8) is 0 Å². The first kappa shape index (κ1) is 14.0. The Morgan fingerprint density at radius 1 is 1.35 bits per heavy atom. The van der Waals surface area contributed by atoms with Crippen LogP contribution in [0.4, 0.5) is 0 Å². The summed E-state index contributed by atoms with van der Waals surface area (Å²) in [6.45, 7) is 12.9. The van der Waals surface area contributed by atoms with E-state index in [0.29, 0.717) is 6.04 Å². The van der Waals surface area contributed by atoms with Crippen molar-refractivity contribution < 1.29 is 4.52 Å². The van der Waals surface area contributed by atoms with Crippen LogP contribution in [-0.2, 0) is 12.0 Å². The summed E-state index contributed by atoms with van der Waals surface area (Å²) in [5, 5.41) is 7.69. The van der Waals surface area contributed by atoms with E-state index in [-0.39, 0.29) is 5.41 Å². The summed E-state index contributed by atoms with van der Waals surface area (Å²) in [7, 11) is 0. The molecule has 2 saturated heterocycles. The molecular formula is C15H26N4O. The lowest BCUT2D eigenvalue weighted by Gasteiger charge is -2.25. The van der Waals surface area contributed by atoms with Gasteiger partial charge >= 0.3 is 0 Å². The van der Waals surface area contributed by atoms with Crippen molar-refractivity contribution in [3.05, 3.63) is 11.7 Å². The fourth-order valence-corrected chi connectivity index (χ4v) is 3.66. The van der Waals surface area contributed by atoms with Crippen LogP contribution in [0.1, 0.15) is 45.8 Å². The molecule has 1 aromatic rings. The Kier molecular flexibility index (Phi) is 3.58. The zero-order valence-corrected chi connectivity index (χ0v) is 13.0. The summed E-state index contributed by atoms with van der Waals surface area (Å²) >= 11 is 0. The second kappa shape index (κ2) is 5.11. The summed E-state index contributed by atoms with van der Waals surface area (Å²) in [5.74, 6) is 3.17. The zero-order valence-electron chi connectivity index (χ0n) is 13.0. The van der Waals surface area contributed by atoms with Crippen LogP contribution in [-0.4, -0.2) is 40.7 Å². The van der Waals surface area contributed by atoms with Gasteiger partial charge in [-0.2, -0.15) is 4.98 Å². The molecule has 2 fully saturated rings. The highest BCUT2D eigenvalue weighted by Gasteiger charge is 2.43. The fraction of sp³-hybridized carbons (Fsp3) is 0.867. The third-order valence-corrected chi connectivity index (χ3v) is 4.70. The lowest BCUT2D eigenvalue weighted by molar-refractivity contribution is 0.203. The molecule has 20 heavy (non-hydrogen) atoms. The third-order valence-electron chi connectivity index (χ3n) is 4.70. The molecule has 0 amide bonds. The Morgan fingerprint density at radius 3 is 2.80 bits per heavy atom. The molecule has 0 bridgehead atoms. The van der Waals surface area contributed by atoms with Crippen molar-refractivity contribution in [2.24, 2.45) is 11.8 Å². The Hall–Kier alpha value is -0.940. The minimum absolute atomic E-state index is 0.0686. The standard InChI is InChI=1S/C15H26N4O/c1-5-12-11-7-16-6-10(11)8-19(12)9-13-17-14(20-18-13)15(2,3)4/h10-12,16H,5-9H2,1-4H3. The summed E-state index contributed by atoms with van der Waals surface area (Å²) < 4.78 is 5.40. The van der Waals surface area contributed by atoms with Gasteiger partial charge in [0.05, 0.1) is 6.54 Å². The maximum atomic E-state index is 5.40. The van der Waals surface area contributed by atoms with E-state index in [1.807, 2.05) is 0 Å². The number of nitrogens with zero attached hydrogens (tertiary/aromatic N) is 3. The molecule has 0 aliphatic carbocycles. The molecule has 112 valence electrons. The maximum absolute atomic E-state index is 5.40. The smallest absolute Gasteiger partial charge is 0.232 e. The second-order valence-electron chi connectivity index (χ2n) is 7.25. The van der Waals surface area contributed by atoms with E-state index in [9.17, 15) is 0 Å². The molecule has 0 saturated carbocycles. The molecule has 3 unspecified atom stereocenters. The van der Waals surface area contributed by atoms with Crippen LogP contribution < -0.4 is 5.32 Å². The Balaban J connectivity index is 1.70. The van der Waals surface area contributed by atoms with Crippen LogP contribution in [0.3, 0.4) is 0 Å². The molecule has 0 radical (unpaired) electrons. The van der Waals surface area contributed by atoms with E-state index < -0.39 is 0 Å². The number of aromatic nitrogens is 2. The van der Waals surface area contributed by atoms with Crippen molar-refractivity contribution in [2.75, 3.05) is 19.6 Å². The molecule has 3 rings (SSSR count). The minimum Gasteiger partial charge on any atom is -0.339 e. The van der Waals surface area contributed by atoms with Crippen LogP contribution in [0.25, 0.3) is 0 Å². The van der Waals surface area contributed by atoms with Gasteiger partial charge < -0.3 is 9.84 Å². The topological polar surface area (TPSA) is 54.2 Å². The van der Waals surface area contributed by atoms with Crippen molar-refractivity contribution in [1.82, 2.24) is 20.4 Å². The number of rotatable bonds is 3. The first-order valence-electron chi connectivity index (χ1n) is 7.77. The number of hydrogen-bond donors (Lipinski definition) is 1. The van der Waals surface area contributed by atoms with Crippen LogP contribution in [0.15, 0.2) is 4.52 Å². The Labute approximate surface area is 121 Å². The molecule has 0 aromatic carbocycles. The van der Waals surface area contributed by atoms with Crippen molar-refractivity contribution >= 4 is 0 Å². The zero-order chi connectivity index (χ0) is 14.3. The second-order valence-corrected chi connectivity index (χ2v) is 7.25. The first-order chi connectivity index (χ1) is 9.49. The molecule has 3 heterocycles. The SMILES string of the molecule is CCC1C2CNCC2CN1Cc1noc(C(C)(C)C)n1. The van der Waals surface area contributed by atoms with Gasteiger partial charge in [-0.15, -0.1) is 0 Å². The normalized spacial score (nSPS) is 30.9. The summed E-state index contributed by atoms with van der Waals surface area (Å²) in [6.07, 6.45) is 1.20. The van der Waals surface area contributed by atoms with Gasteiger partial charge in [0.25, 0.3) is 0 Å². The van der Waals surface area contributed by atoms with Gasteiger partial charge in [-0.25, -0.2) is 0 Å². The van der Waals surface area contributed by atoms with Gasteiger partial charge in [0.2, 0.25) is 5.89 Å². The van der Waals surface area contributed by atoms with Crippen LogP contribution in [0, 0.1) is 11.8 Å². The predicted octanol–water partition coefficient (Wildman–Crippen LogP) is 1.80. The van der Waals surface area contributed by atoms with Crippen LogP contribution in [0.2, 0.25) is 0 Å². The Bertz CT molecular complexity index is 465. The molecule has 2 aliphatic rings. The first-order valence-corrected chi connectivity index (χ1v) is 7.77. The third kappa shape index (κ3) is 2.49. The van der Waals surface area contributed by atoms with E-state index in [1.165, 1.54) is 13.0 Å². The highest BCUT2D eigenvalue weighted by molar-refractivity contribution is 5.02. The summed E-state index contributed by atoms with van der Waals surface area (Å²) in [6, 6.07) is 0.659. The molecule has 5 nitrogen and oxygen atoms in total. The Morgan fingerprint density at radius 2 is 2.15 bits per heavy atom. The molecule has 5 heteroatoms. The average molecular weight is 278 g/mol. The van der Waals surface area contributed by atoms with Gasteiger partial charge in [-0.1, -0.05) is 32.9 Å². The lowest BCUT2D eigenvalue weighted by Crippen LogP contribution is -2.35. The largest absolute Gasteiger partial charge is 0.339 e. The fourth-order valence-electron chi connectivity index (χ4n) is 3.66. The number of hydrogen-bond acceptors (Lipinski definition) is 5. The van der Waals surface area contributed by atoms with Crippen LogP contribution in [0.5, 0.6) is 0 Å². The molecule has 0 spiro atoms. The van der Waals surface area contributed by atoms with Gasteiger partial charge in [0.1, 0.15) is 0 Å². The van der Waals surface area contributed by atoms with E-state index >= 15 is 0 Å². The monoisotopic (exact) mass is 278 g/mol. The number of nitrogens with one attached hydrogen (secondary N) is 1. The number of fused-ring (bicyclic) bond motifs is 1. The van der Waals surface area contributed by atoms with Gasteiger partial charge in [0.15, 0.2) is 5.82 Å². The minimum atomic E-state index is -0.0686. The highest BCUT2D eigenvalue weighted by atomic mass is 16.5. The van der Waals surface area contributed by atoms with Crippen LogP contribution >= 0.6 is 0 Å². The van der Waals surface area contributed by atoms with Crippen molar-refractivity contribution in [2.45, 2.75) is 52.1 Å². The maximum Gasteiger partial charge on any atom is 0.232 e. The van der Waals surface area contributed by atoms with E-state index in [2.05, 4.69) is 48.1 Å². The molecule has 1 N–H and O–H groups in total. The van der Waals surface area contributed by atoms with Crippen molar-refractivity contribution in [3.8, 4) is 0 Å². The van der Waals surface area contributed by atoms with Gasteiger partial charge in [-0.3, -0.25) is 4.90 Å². The summed E-state index contributed by atoms with van der Waals surface area (Å²) in [5.41, 5.74) is -0.0686. The molecular weight excluding hydrogens is 252 g/mol.